The van der Waals surface area contributed by atoms with Gasteiger partial charge < -0.3 is 9.84 Å². The van der Waals surface area contributed by atoms with Gasteiger partial charge in [0.05, 0.1) is 17.1 Å². The Morgan fingerprint density at radius 3 is 1.88 bits per heavy atom. The first-order valence-corrected chi connectivity index (χ1v) is 13.9. The van der Waals surface area contributed by atoms with E-state index in [0.717, 1.165) is 48.5 Å². The highest BCUT2D eigenvalue weighted by Crippen LogP contribution is 2.54. The van der Waals surface area contributed by atoms with Gasteiger partial charge in [0.15, 0.2) is 9.84 Å². The highest BCUT2D eigenvalue weighted by atomic mass is 32.2. The lowest BCUT2D eigenvalue weighted by atomic mass is 9.88. The molecule has 42 heavy (non-hydrogen) atoms. The van der Waals surface area contributed by atoms with Crippen LogP contribution >= 0.6 is 0 Å². The number of halogens is 8. The summed E-state index contributed by atoms with van der Waals surface area (Å²) in [5.41, 5.74) is -8.51. The van der Waals surface area contributed by atoms with E-state index in [1.54, 1.807) is 0 Å². The number of carboxylic acids is 1. The van der Waals surface area contributed by atoms with Crippen molar-refractivity contribution in [2.75, 3.05) is 0 Å². The molecule has 1 fully saturated rings. The molecule has 0 spiro atoms. The quantitative estimate of drug-likeness (QED) is 0.209. The summed E-state index contributed by atoms with van der Waals surface area (Å²) >= 11 is 0. The van der Waals surface area contributed by atoms with Crippen LogP contribution in [0.1, 0.15) is 52.7 Å². The van der Waals surface area contributed by atoms with Gasteiger partial charge in [0.25, 0.3) is 5.60 Å². The van der Waals surface area contributed by atoms with E-state index in [0.29, 0.717) is 31.0 Å². The Balaban J connectivity index is 1.82. The van der Waals surface area contributed by atoms with Gasteiger partial charge in [0, 0.05) is 11.1 Å². The topological polar surface area (TPSA) is 80.7 Å². The second-order valence-electron chi connectivity index (χ2n) is 9.77. The van der Waals surface area contributed by atoms with Gasteiger partial charge in [-0.3, -0.25) is 0 Å². The Bertz CT molecular complexity index is 1540. The van der Waals surface area contributed by atoms with Crippen molar-refractivity contribution in [2.24, 2.45) is 0 Å². The van der Waals surface area contributed by atoms with Crippen LogP contribution in [-0.4, -0.2) is 31.8 Å². The fourth-order valence-corrected chi connectivity index (χ4v) is 7.55. The van der Waals surface area contributed by atoms with Gasteiger partial charge in [0.1, 0.15) is 16.4 Å². The highest BCUT2D eigenvalue weighted by Gasteiger charge is 2.73. The zero-order valence-corrected chi connectivity index (χ0v) is 22.2. The van der Waals surface area contributed by atoms with Gasteiger partial charge in [-0.1, -0.05) is 43.2 Å². The smallest absolute Gasteiger partial charge is 0.430 e. The molecule has 3 aromatic rings. The Labute approximate surface area is 234 Å². The summed E-state index contributed by atoms with van der Waals surface area (Å²) in [6.07, 6.45) is -11.5. The predicted octanol–water partition coefficient (Wildman–Crippen LogP) is 7.44. The van der Waals surface area contributed by atoms with Crippen LogP contribution < -0.4 is 0 Å². The van der Waals surface area contributed by atoms with Crippen molar-refractivity contribution in [2.45, 2.75) is 59.9 Å². The molecule has 4 rings (SSSR count). The second kappa shape index (κ2) is 11.0. The third-order valence-electron chi connectivity index (χ3n) is 7.45. The Kier molecular flexibility index (Phi) is 8.19. The zero-order valence-electron chi connectivity index (χ0n) is 21.4. The molecular formula is C28H22F8O5S. The number of hydrogen-bond donors (Lipinski definition) is 1. The monoisotopic (exact) mass is 622 g/mol. The number of carbonyl (C=O) groups is 1. The largest absolute Gasteiger partial charge is 0.478 e. The molecule has 0 unspecified atom stereocenters. The lowest BCUT2D eigenvalue weighted by Crippen LogP contribution is -2.56. The van der Waals surface area contributed by atoms with Crippen molar-refractivity contribution in [3.8, 4) is 0 Å². The summed E-state index contributed by atoms with van der Waals surface area (Å²) in [7, 11) is -4.28. The number of rotatable bonds is 8. The molecule has 0 aliphatic heterocycles. The first-order chi connectivity index (χ1) is 19.5. The summed E-state index contributed by atoms with van der Waals surface area (Å²) in [5.74, 6) is -3.90. The SMILES string of the molecule is O=C(O)c1cccc(F)c1COC(c1ccc(C2(S(=O)(=O)c3ccc(F)cc3)CCCC2)cc1)(C(F)(F)F)C(F)(F)F. The van der Waals surface area contributed by atoms with Crippen LogP contribution in [0.5, 0.6) is 0 Å². The van der Waals surface area contributed by atoms with Crippen LogP contribution in [0.15, 0.2) is 71.6 Å². The number of alkyl halides is 6. The maximum atomic E-state index is 14.4. The second-order valence-corrected chi connectivity index (χ2v) is 12.0. The molecule has 1 saturated carbocycles. The molecule has 0 heterocycles. The summed E-state index contributed by atoms with van der Waals surface area (Å²) < 4.78 is 144. The standard InChI is InChI=1S/C28H22F8O5S/c29-19-10-12-20(13-11-19)42(39,40)25(14-1-2-15-25)17-6-8-18(9-7-17)26(27(31,32)33,28(34,35)36)41-16-22-21(24(37)38)4-3-5-23(22)30/h3-13H,1-2,14-16H2,(H,37,38). The molecule has 0 saturated heterocycles. The van der Waals surface area contributed by atoms with Gasteiger partial charge >= 0.3 is 18.3 Å². The molecule has 0 atom stereocenters. The Hall–Kier alpha value is -3.52. The molecule has 1 aliphatic carbocycles. The first kappa shape index (κ1) is 31.4. The van der Waals surface area contributed by atoms with Crippen LogP contribution in [0.4, 0.5) is 35.1 Å². The third kappa shape index (κ3) is 5.14. The molecule has 0 radical (unpaired) electrons. The van der Waals surface area contributed by atoms with E-state index in [1.165, 1.54) is 0 Å². The van der Waals surface area contributed by atoms with Crippen molar-refractivity contribution < 1.29 is 58.2 Å². The van der Waals surface area contributed by atoms with E-state index in [-0.39, 0.29) is 23.3 Å². The average molecular weight is 623 g/mol. The first-order valence-electron chi connectivity index (χ1n) is 12.4. The van der Waals surface area contributed by atoms with Crippen molar-refractivity contribution in [1.29, 1.82) is 0 Å². The molecule has 226 valence electrons. The minimum Gasteiger partial charge on any atom is -0.478 e. The van der Waals surface area contributed by atoms with Crippen molar-refractivity contribution >= 4 is 15.8 Å². The number of ether oxygens (including phenoxy) is 1. The molecule has 1 N–H and O–H groups in total. The van der Waals surface area contributed by atoms with Crippen molar-refractivity contribution in [1.82, 2.24) is 0 Å². The summed E-state index contributed by atoms with van der Waals surface area (Å²) in [6.45, 7) is -1.71. The fraction of sp³-hybridized carbons (Fsp3) is 0.321. The molecule has 5 nitrogen and oxygen atoms in total. The van der Waals surface area contributed by atoms with Crippen LogP contribution in [0, 0.1) is 11.6 Å². The fourth-order valence-electron chi connectivity index (χ4n) is 5.33. The van der Waals surface area contributed by atoms with Gasteiger partial charge in [-0.25, -0.2) is 22.0 Å². The maximum absolute atomic E-state index is 14.4. The average Bonchev–Trinajstić information content (AvgIpc) is 3.41. The van der Waals surface area contributed by atoms with Crippen molar-refractivity contribution in [3.63, 3.8) is 0 Å². The molecule has 0 bridgehead atoms. The molecule has 0 amide bonds. The van der Waals surface area contributed by atoms with Gasteiger partial charge in [0.2, 0.25) is 0 Å². The van der Waals surface area contributed by atoms with Crippen LogP contribution in [0.25, 0.3) is 0 Å². The molecule has 14 heteroatoms. The zero-order chi connectivity index (χ0) is 31.1. The van der Waals surface area contributed by atoms with E-state index in [2.05, 4.69) is 4.74 Å². The normalized spacial score (nSPS) is 16.0. The highest BCUT2D eigenvalue weighted by molar-refractivity contribution is 7.92. The Morgan fingerprint density at radius 2 is 1.38 bits per heavy atom. The van der Waals surface area contributed by atoms with Crippen LogP contribution in [-0.2, 0) is 31.5 Å². The number of aromatic carboxylic acids is 1. The van der Waals surface area contributed by atoms with Crippen molar-refractivity contribution in [3.05, 3.63) is 101 Å². The molecule has 1 aliphatic rings. The predicted molar refractivity (Wildman–Crippen MR) is 132 cm³/mol. The van der Waals surface area contributed by atoms with Gasteiger partial charge in [-0.15, -0.1) is 0 Å². The maximum Gasteiger partial charge on any atom is 0.430 e. The Morgan fingerprint density at radius 1 is 0.833 bits per heavy atom. The number of hydrogen-bond acceptors (Lipinski definition) is 4. The lowest BCUT2D eigenvalue weighted by molar-refractivity contribution is -0.392. The minimum atomic E-state index is -6.17. The number of carboxylic acid groups (broad SMARTS) is 1. The van der Waals surface area contributed by atoms with E-state index in [4.69, 9.17) is 0 Å². The van der Waals surface area contributed by atoms with Gasteiger partial charge in [-0.2, -0.15) is 26.3 Å². The van der Waals surface area contributed by atoms with E-state index in [9.17, 15) is 53.4 Å². The van der Waals surface area contributed by atoms with Crippen LogP contribution in [0.2, 0.25) is 0 Å². The third-order valence-corrected chi connectivity index (χ3v) is 10.0. The lowest BCUT2D eigenvalue weighted by Gasteiger charge is -2.38. The van der Waals surface area contributed by atoms with E-state index >= 15 is 0 Å². The summed E-state index contributed by atoms with van der Waals surface area (Å²) in [4.78, 5) is 11.2. The summed E-state index contributed by atoms with van der Waals surface area (Å²) in [5, 5.41) is 9.24. The molecule has 3 aromatic carbocycles. The summed E-state index contributed by atoms with van der Waals surface area (Å²) in [6, 6.07) is 8.82. The van der Waals surface area contributed by atoms with Crippen LogP contribution in [0.3, 0.4) is 0 Å². The number of sulfone groups is 1. The number of benzene rings is 3. The van der Waals surface area contributed by atoms with E-state index < -0.39 is 73.4 Å². The van der Waals surface area contributed by atoms with E-state index in [1.807, 2.05) is 0 Å². The molecular weight excluding hydrogens is 600 g/mol. The molecule has 0 aromatic heterocycles. The van der Waals surface area contributed by atoms with Gasteiger partial charge in [-0.05, 0) is 54.8 Å². The minimum absolute atomic E-state index is 0.0114.